The van der Waals surface area contributed by atoms with Crippen molar-refractivity contribution in [2.75, 3.05) is 20.3 Å². The van der Waals surface area contributed by atoms with Gasteiger partial charge in [-0.25, -0.2) is 0 Å². The van der Waals surface area contributed by atoms with E-state index < -0.39 is 0 Å². The van der Waals surface area contributed by atoms with Gasteiger partial charge in [-0.2, -0.15) is 0 Å². The van der Waals surface area contributed by atoms with Crippen LogP contribution in [0.15, 0.2) is 0 Å². The SMILES string of the molecule is CCCCCC[C@@H](C)NC(=O)[C@H]1CC(=O)N([C@@H](C)COC)C1. The number of methoxy groups -OCH3 is 1. The Bertz CT molecular complexity index is 360. The summed E-state index contributed by atoms with van der Waals surface area (Å²) in [5, 5.41) is 3.06. The maximum Gasteiger partial charge on any atom is 0.225 e. The van der Waals surface area contributed by atoms with Crippen LogP contribution >= 0.6 is 0 Å². The fraction of sp³-hybridized carbons (Fsp3) is 0.882. The first-order chi connectivity index (χ1) is 10.5. The van der Waals surface area contributed by atoms with Gasteiger partial charge in [0.25, 0.3) is 0 Å². The lowest BCUT2D eigenvalue weighted by molar-refractivity contribution is -0.130. The highest BCUT2D eigenvalue weighted by Gasteiger charge is 2.36. The molecule has 5 nitrogen and oxygen atoms in total. The predicted octanol–water partition coefficient (Wildman–Crippen LogP) is 2.34. The lowest BCUT2D eigenvalue weighted by atomic mass is 10.1. The number of hydrogen-bond acceptors (Lipinski definition) is 3. The first-order valence-corrected chi connectivity index (χ1v) is 8.58. The van der Waals surface area contributed by atoms with Crippen LogP contribution in [0.4, 0.5) is 0 Å². The Morgan fingerprint density at radius 1 is 1.36 bits per heavy atom. The Kier molecular flexibility index (Phi) is 8.46. The minimum atomic E-state index is -0.218. The standard InChI is InChI=1S/C17H32N2O3/c1-5-6-7-8-9-13(2)18-17(21)15-10-16(20)19(11-15)14(3)12-22-4/h13-15H,5-12H2,1-4H3,(H,18,21)/t13-,14+,15+/m1/s1. The number of unbranched alkanes of at least 4 members (excludes halogenated alkanes) is 3. The van der Waals surface area contributed by atoms with Gasteiger partial charge in [0, 0.05) is 26.1 Å². The van der Waals surface area contributed by atoms with Crippen LogP contribution in [0.5, 0.6) is 0 Å². The Morgan fingerprint density at radius 3 is 2.73 bits per heavy atom. The molecule has 1 N–H and O–H groups in total. The van der Waals surface area contributed by atoms with E-state index in [4.69, 9.17) is 4.74 Å². The van der Waals surface area contributed by atoms with E-state index in [1.54, 1.807) is 12.0 Å². The third-order valence-electron chi connectivity index (χ3n) is 4.35. The molecular formula is C17H32N2O3. The molecule has 128 valence electrons. The third kappa shape index (κ3) is 5.95. The minimum absolute atomic E-state index is 0.0171. The molecule has 0 aromatic rings. The molecule has 0 bridgehead atoms. The number of carbonyl (C=O) groups excluding carboxylic acids is 2. The van der Waals surface area contributed by atoms with E-state index >= 15 is 0 Å². The Labute approximate surface area is 134 Å². The number of amides is 2. The molecule has 0 aromatic heterocycles. The van der Waals surface area contributed by atoms with Crippen LogP contribution in [0.3, 0.4) is 0 Å². The van der Waals surface area contributed by atoms with Crippen LogP contribution in [0, 0.1) is 5.92 Å². The zero-order valence-electron chi connectivity index (χ0n) is 14.6. The fourth-order valence-corrected chi connectivity index (χ4v) is 2.97. The summed E-state index contributed by atoms with van der Waals surface area (Å²) in [6.45, 7) is 7.22. The molecule has 0 radical (unpaired) electrons. The van der Waals surface area contributed by atoms with E-state index in [0.717, 1.165) is 12.8 Å². The summed E-state index contributed by atoms with van der Waals surface area (Å²) in [6, 6.07) is 0.215. The largest absolute Gasteiger partial charge is 0.383 e. The number of ether oxygens (including phenoxy) is 1. The van der Waals surface area contributed by atoms with Gasteiger partial charge >= 0.3 is 0 Å². The molecule has 1 rings (SSSR count). The zero-order chi connectivity index (χ0) is 16.5. The molecule has 22 heavy (non-hydrogen) atoms. The van der Waals surface area contributed by atoms with Crippen LogP contribution in [0.1, 0.15) is 59.3 Å². The molecule has 0 aliphatic carbocycles. The number of hydrogen-bond donors (Lipinski definition) is 1. The van der Waals surface area contributed by atoms with Crippen LogP contribution in [-0.2, 0) is 14.3 Å². The molecule has 1 saturated heterocycles. The highest BCUT2D eigenvalue weighted by atomic mass is 16.5. The molecule has 0 saturated carbocycles. The molecule has 0 unspecified atom stereocenters. The van der Waals surface area contributed by atoms with E-state index in [9.17, 15) is 9.59 Å². The summed E-state index contributed by atoms with van der Waals surface area (Å²) in [6.07, 6.45) is 6.18. The number of likely N-dealkylation sites (tertiary alicyclic amines) is 1. The molecule has 0 aromatic carbocycles. The van der Waals surface area contributed by atoms with Gasteiger partial charge in [-0.1, -0.05) is 32.6 Å². The summed E-state index contributed by atoms with van der Waals surface area (Å²) in [7, 11) is 1.63. The van der Waals surface area contributed by atoms with Crippen LogP contribution in [-0.4, -0.2) is 49.1 Å². The van der Waals surface area contributed by atoms with E-state index in [-0.39, 0.29) is 29.8 Å². The van der Waals surface area contributed by atoms with Crippen LogP contribution in [0.25, 0.3) is 0 Å². The summed E-state index contributed by atoms with van der Waals surface area (Å²) in [5.41, 5.74) is 0. The molecule has 5 heteroatoms. The third-order valence-corrected chi connectivity index (χ3v) is 4.35. The van der Waals surface area contributed by atoms with Gasteiger partial charge in [0.1, 0.15) is 0 Å². The molecule has 0 spiro atoms. The Hall–Kier alpha value is -1.10. The first-order valence-electron chi connectivity index (χ1n) is 8.58. The maximum atomic E-state index is 12.3. The van der Waals surface area contributed by atoms with E-state index in [0.29, 0.717) is 19.6 Å². The predicted molar refractivity (Wildman–Crippen MR) is 87.5 cm³/mol. The van der Waals surface area contributed by atoms with Crippen molar-refractivity contribution in [2.45, 2.75) is 71.4 Å². The normalized spacial score (nSPS) is 21.0. The summed E-state index contributed by atoms with van der Waals surface area (Å²) in [4.78, 5) is 26.1. The molecule has 2 amide bonds. The lowest BCUT2D eigenvalue weighted by Gasteiger charge is -2.24. The van der Waals surface area contributed by atoms with Crippen molar-refractivity contribution in [3.05, 3.63) is 0 Å². The van der Waals surface area contributed by atoms with Gasteiger partial charge in [-0.15, -0.1) is 0 Å². The molecule has 1 fully saturated rings. The van der Waals surface area contributed by atoms with Crippen molar-refractivity contribution in [2.24, 2.45) is 5.92 Å². The van der Waals surface area contributed by atoms with Gasteiger partial charge in [-0.05, 0) is 20.3 Å². The van der Waals surface area contributed by atoms with Crippen molar-refractivity contribution in [3.8, 4) is 0 Å². The second-order valence-corrected chi connectivity index (χ2v) is 6.51. The number of rotatable bonds is 10. The van der Waals surface area contributed by atoms with Gasteiger partial charge in [0.05, 0.1) is 18.6 Å². The summed E-state index contributed by atoms with van der Waals surface area (Å²) in [5.74, 6) is -0.145. The summed E-state index contributed by atoms with van der Waals surface area (Å²) < 4.78 is 5.09. The topological polar surface area (TPSA) is 58.6 Å². The monoisotopic (exact) mass is 312 g/mol. The second kappa shape index (κ2) is 9.82. The van der Waals surface area contributed by atoms with Crippen molar-refractivity contribution in [1.29, 1.82) is 0 Å². The minimum Gasteiger partial charge on any atom is -0.383 e. The average Bonchev–Trinajstić information content (AvgIpc) is 2.86. The second-order valence-electron chi connectivity index (χ2n) is 6.51. The highest BCUT2D eigenvalue weighted by molar-refractivity contribution is 5.89. The number of nitrogens with one attached hydrogen (secondary N) is 1. The molecule has 1 aliphatic rings. The zero-order valence-corrected chi connectivity index (χ0v) is 14.6. The van der Waals surface area contributed by atoms with Crippen LogP contribution in [0.2, 0.25) is 0 Å². The molecular weight excluding hydrogens is 280 g/mol. The van der Waals surface area contributed by atoms with Crippen molar-refractivity contribution < 1.29 is 14.3 Å². The average molecular weight is 312 g/mol. The van der Waals surface area contributed by atoms with E-state index in [1.807, 2.05) is 13.8 Å². The Balaban J connectivity index is 2.35. The number of carbonyl (C=O) groups is 2. The van der Waals surface area contributed by atoms with Gasteiger partial charge in [0.2, 0.25) is 11.8 Å². The lowest BCUT2D eigenvalue weighted by Crippen LogP contribution is -2.40. The van der Waals surface area contributed by atoms with Gasteiger partial charge in [-0.3, -0.25) is 9.59 Å². The van der Waals surface area contributed by atoms with Gasteiger partial charge in [0.15, 0.2) is 0 Å². The summed E-state index contributed by atoms with van der Waals surface area (Å²) >= 11 is 0. The van der Waals surface area contributed by atoms with Crippen LogP contribution < -0.4 is 5.32 Å². The first kappa shape index (κ1) is 18.9. The molecule has 3 atom stereocenters. The van der Waals surface area contributed by atoms with Crippen molar-refractivity contribution in [1.82, 2.24) is 10.2 Å². The molecule has 1 aliphatic heterocycles. The fourth-order valence-electron chi connectivity index (χ4n) is 2.97. The van der Waals surface area contributed by atoms with Crippen molar-refractivity contribution in [3.63, 3.8) is 0 Å². The smallest absolute Gasteiger partial charge is 0.225 e. The quantitative estimate of drug-likeness (QED) is 0.630. The van der Waals surface area contributed by atoms with E-state index in [1.165, 1.54) is 19.3 Å². The molecule has 1 heterocycles. The maximum absolute atomic E-state index is 12.3. The van der Waals surface area contributed by atoms with Crippen molar-refractivity contribution >= 4 is 11.8 Å². The van der Waals surface area contributed by atoms with Gasteiger partial charge < -0.3 is 15.0 Å². The number of nitrogens with zero attached hydrogens (tertiary/aromatic N) is 1. The Morgan fingerprint density at radius 2 is 2.09 bits per heavy atom. The van der Waals surface area contributed by atoms with E-state index in [2.05, 4.69) is 12.2 Å². The highest BCUT2D eigenvalue weighted by Crippen LogP contribution is 2.21.